The van der Waals surface area contributed by atoms with E-state index in [4.69, 9.17) is 4.98 Å². The van der Waals surface area contributed by atoms with Crippen LogP contribution in [0.25, 0.3) is 22.3 Å². The van der Waals surface area contributed by atoms with Crippen LogP contribution >= 0.6 is 0 Å². The van der Waals surface area contributed by atoms with Crippen LogP contribution in [0.1, 0.15) is 60.6 Å². The quantitative estimate of drug-likeness (QED) is 0.116. The molecule has 58 heavy (non-hydrogen) atoms. The molecule has 288 valence electrons. The molecule has 3 nitrogen and oxygen atoms in total. The molecule has 7 aromatic rings. The first-order chi connectivity index (χ1) is 28.2. The Balaban J connectivity index is 1.20. The van der Waals surface area contributed by atoms with E-state index in [0.717, 1.165) is 73.9 Å². The van der Waals surface area contributed by atoms with Crippen molar-refractivity contribution in [3.63, 3.8) is 0 Å². The fourth-order valence-corrected chi connectivity index (χ4v) is 7.11. The lowest BCUT2D eigenvalue weighted by atomic mass is 9.95. The van der Waals surface area contributed by atoms with Gasteiger partial charge in [-0.1, -0.05) is 120 Å². The van der Waals surface area contributed by atoms with E-state index in [1.54, 1.807) is 0 Å². The molecule has 0 aliphatic heterocycles. The number of nitrogens with zero attached hydrogens (tertiary/aromatic N) is 3. The average Bonchev–Trinajstić information content (AvgIpc) is 3.25. The number of hydrogen-bond acceptors (Lipinski definition) is 3. The third kappa shape index (κ3) is 9.28. The Morgan fingerprint density at radius 1 is 0.448 bits per heavy atom. The molecule has 0 amide bonds. The molecule has 0 saturated heterocycles. The van der Waals surface area contributed by atoms with Gasteiger partial charge in [-0.05, 0) is 155 Å². The SMILES string of the molecule is CC=C(C=C(C=C(C)CC)c1cncc(-c2ccc(N(c3ccc(C)cc3)c3ccc(C)cc3)cc2)c1)c1ccc(N(c2ccc(C)cc2)c2ccc(C)cc2)cc1. The van der Waals surface area contributed by atoms with Crippen molar-refractivity contribution in [1.82, 2.24) is 4.98 Å². The Bertz CT molecular complexity index is 2450. The lowest BCUT2D eigenvalue weighted by molar-refractivity contribution is 1.10. The third-order valence-corrected chi connectivity index (χ3v) is 10.7. The molecule has 0 saturated carbocycles. The lowest BCUT2D eigenvalue weighted by Gasteiger charge is -2.26. The third-order valence-electron chi connectivity index (χ3n) is 10.7. The molecule has 1 heterocycles. The highest BCUT2D eigenvalue weighted by molar-refractivity contribution is 5.89. The Labute approximate surface area is 346 Å². The van der Waals surface area contributed by atoms with Crippen LogP contribution in [0, 0.1) is 27.7 Å². The maximum absolute atomic E-state index is 4.78. The highest BCUT2D eigenvalue weighted by Gasteiger charge is 2.15. The first-order valence-corrected chi connectivity index (χ1v) is 20.3. The van der Waals surface area contributed by atoms with Gasteiger partial charge in [-0.3, -0.25) is 4.98 Å². The molecule has 0 N–H and O–H groups in total. The maximum atomic E-state index is 4.78. The Kier molecular flexibility index (Phi) is 12.3. The molecule has 1 aromatic heterocycles. The van der Waals surface area contributed by atoms with Crippen LogP contribution in [0.5, 0.6) is 0 Å². The molecule has 6 aromatic carbocycles. The number of aromatic nitrogens is 1. The van der Waals surface area contributed by atoms with Crippen LogP contribution < -0.4 is 9.80 Å². The number of benzene rings is 6. The van der Waals surface area contributed by atoms with E-state index in [0.29, 0.717) is 0 Å². The van der Waals surface area contributed by atoms with Crippen molar-refractivity contribution in [3.05, 3.63) is 221 Å². The zero-order valence-corrected chi connectivity index (χ0v) is 34.9. The molecule has 0 aliphatic rings. The smallest absolute Gasteiger partial charge is 0.0462 e. The summed E-state index contributed by atoms with van der Waals surface area (Å²) < 4.78 is 0. The van der Waals surface area contributed by atoms with Gasteiger partial charge < -0.3 is 9.80 Å². The predicted molar refractivity (Wildman–Crippen MR) is 250 cm³/mol. The molecule has 3 heteroatoms. The number of aryl methyl sites for hydroxylation is 4. The minimum Gasteiger partial charge on any atom is -0.311 e. The summed E-state index contributed by atoms with van der Waals surface area (Å²) >= 11 is 0. The molecule has 0 spiro atoms. The van der Waals surface area contributed by atoms with Gasteiger partial charge >= 0.3 is 0 Å². The molecular formula is C55H53N3. The van der Waals surface area contributed by atoms with E-state index < -0.39 is 0 Å². The predicted octanol–water partition coefficient (Wildman–Crippen LogP) is 15.8. The van der Waals surface area contributed by atoms with Crippen molar-refractivity contribution in [2.45, 2.75) is 54.9 Å². The summed E-state index contributed by atoms with van der Waals surface area (Å²) in [7, 11) is 0. The van der Waals surface area contributed by atoms with Crippen LogP contribution in [0.15, 0.2) is 188 Å². The summed E-state index contributed by atoms with van der Waals surface area (Å²) in [5.41, 5.74) is 19.7. The molecule has 0 unspecified atom stereocenters. The molecular weight excluding hydrogens is 703 g/mol. The van der Waals surface area contributed by atoms with Gasteiger partial charge in [0.15, 0.2) is 0 Å². The van der Waals surface area contributed by atoms with Crippen LogP contribution in [0.2, 0.25) is 0 Å². The minimum atomic E-state index is 0.970. The molecule has 7 rings (SSSR count). The summed E-state index contributed by atoms with van der Waals surface area (Å²) in [6.45, 7) is 15.0. The zero-order chi connectivity index (χ0) is 40.6. The summed E-state index contributed by atoms with van der Waals surface area (Å²) in [6.07, 6.45) is 11.7. The van der Waals surface area contributed by atoms with Gasteiger partial charge in [-0.2, -0.15) is 0 Å². The van der Waals surface area contributed by atoms with Crippen molar-refractivity contribution >= 4 is 45.3 Å². The summed E-state index contributed by atoms with van der Waals surface area (Å²) in [5, 5.41) is 0. The van der Waals surface area contributed by atoms with Crippen molar-refractivity contribution in [2.75, 3.05) is 9.80 Å². The molecule has 0 bridgehead atoms. The minimum absolute atomic E-state index is 0.970. The molecule has 0 radical (unpaired) electrons. The zero-order valence-electron chi connectivity index (χ0n) is 34.9. The van der Waals surface area contributed by atoms with Crippen LogP contribution in [0.3, 0.4) is 0 Å². The summed E-state index contributed by atoms with van der Waals surface area (Å²) in [5.74, 6) is 0. The highest BCUT2D eigenvalue weighted by Crippen LogP contribution is 2.38. The van der Waals surface area contributed by atoms with Crippen molar-refractivity contribution in [1.29, 1.82) is 0 Å². The molecule has 0 fully saturated rings. The monoisotopic (exact) mass is 755 g/mol. The fourth-order valence-electron chi connectivity index (χ4n) is 7.11. The van der Waals surface area contributed by atoms with Crippen LogP contribution in [-0.2, 0) is 0 Å². The van der Waals surface area contributed by atoms with Gasteiger partial charge in [-0.15, -0.1) is 0 Å². The summed E-state index contributed by atoms with van der Waals surface area (Å²) in [4.78, 5) is 9.41. The average molecular weight is 756 g/mol. The van der Waals surface area contributed by atoms with E-state index in [1.165, 1.54) is 27.8 Å². The van der Waals surface area contributed by atoms with Gasteiger partial charge in [0.2, 0.25) is 0 Å². The second kappa shape index (κ2) is 18.0. The van der Waals surface area contributed by atoms with Crippen molar-refractivity contribution in [2.24, 2.45) is 0 Å². The second-order valence-electron chi connectivity index (χ2n) is 15.3. The first-order valence-electron chi connectivity index (χ1n) is 20.3. The first kappa shape index (κ1) is 39.5. The summed E-state index contributed by atoms with van der Waals surface area (Å²) in [6, 6.07) is 54.9. The fraction of sp³-hybridized carbons (Fsp3) is 0.145. The van der Waals surface area contributed by atoms with Gasteiger partial charge in [0.05, 0.1) is 0 Å². The molecule has 0 aliphatic carbocycles. The Hall–Kier alpha value is -6.71. The number of allylic oxidation sites excluding steroid dienone is 6. The second-order valence-corrected chi connectivity index (χ2v) is 15.3. The number of rotatable bonds is 12. The van der Waals surface area contributed by atoms with E-state index in [9.17, 15) is 0 Å². The van der Waals surface area contributed by atoms with E-state index >= 15 is 0 Å². The van der Waals surface area contributed by atoms with E-state index in [-0.39, 0.29) is 0 Å². The normalized spacial score (nSPS) is 12.1. The molecule has 0 atom stereocenters. The van der Waals surface area contributed by atoms with E-state index in [1.807, 2.05) is 12.4 Å². The maximum Gasteiger partial charge on any atom is 0.0462 e. The van der Waals surface area contributed by atoms with Crippen molar-refractivity contribution in [3.8, 4) is 11.1 Å². The Morgan fingerprint density at radius 3 is 1.21 bits per heavy atom. The van der Waals surface area contributed by atoms with Gasteiger partial charge in [-0.25, -0.2) is 0 Å². The van der Waals surface area contributed by atoms with Crippen LogP contribution in [0.4, 0.5) is 34.1 Å². The van der Waals surface area contributed by atoms with E-state index in [2.05, 4.69) is 228 Å². The highest BCUT2D eigenvalue weighted by atomic mass is 15.1. The lowest BCUT2D eigenvalue weighted by Crippen LogP contribution is -2.09. The topological polar surface area (TPSA) is 19.4 Å². The van der Waals surface area contributed by atoms with Gasteiger partial charge in [0.1, 0.15) is 0 Å². The standard InChI is InChI=1S/C55H53N3/c1-8-39(3)34-47(35-44(9-2)45-18-30-54(31-19-45)57(50-22-10-40(4)11-23-50)51-24-12-41(5)13-25-51)49-36-48(37-56-38-49)46-20-32-55(33-21-46)58(52-26-14-42(6)15-27-52)53-28-16-43(7)17-29-53/h9-38H,8H2,1-7H3. The largest absolute Gasteiger partial charge is 0.311 e. The van der Waals surface area contributed by atoms with Gasteiger partial charge in [0, 0.05) is 57.6 Å². The van der Waals surface area contributed by atoms with Crippen LogP contribution in [-0.4, -0.2) is 4.98 Å². The number of hydrogen-bond donors (Lipinski definition) is 0. The number of anilines is 6. The van der Waals surface area contributed by atoms with Crippen molar-refractivity contribution < 1.29 is 0 Å². The Morgan fingerprint density at radius 2 is 0.828 bits per heavy atom. The van der Waals surface area contributed by atoms with Gasteiger partial charge in [0.25, 0.3) is 0 Å². The number of pyridine rings is 1.